The Balaban J connectivity index is 1.74. The van der Waals surface area contributed by atoms with Crippen LogP contribution in [-0.2, 0) is 18.3 Å². The van der Waals surface area contributed by atoms with E-state index in [0.29, 0.717) is 5.82 Å². The molecule has 0 bridgehead atoms. The molecule has 3 N–H and O–H groups in total. The number of amides is 1. The van der Waals surface area contributed by atoms with Crippen LogP contribution >= 0.6 is 0 Å². The highest BCUT2D eigenvalue weighted by Crippen LogP contribution is 2.17. The van der Waals surface area contributed by atoms with Gasteiger partial charge >= 0.3 is 5.69 Å². The van der Waals surface area contributed by atoms with Gasteiger partial charge in [0.2, 0.25) is 5.91 Å². The number of H-pyrrole nitrogens is 2. The zero-order valence-electron chi connectivity index (χ0n) is 13.0. The van der Waals surface area contributed by atoms with Crippen molar-refractivity contribution in [1.82, 2.24) is 19.5 Å². The molecule has 0 aliphatic rings. The van der Waals surface area contributed by atoms with Crippen LogP contribution < -0.4 is 16.6 Å². The number of imidazole rings is 1. The summed E-state index contributed by atoms with van der Waals surface area (Å²) in [5.41, 5.74) is -1.18. The van der Waals surface area contributed by atoms with Crippen LogP contribution in [0.1, 0.15) is 12.2 Å². The summed E-state index contributed by atoms with van der Waals surface area (Å²) in [7, 11) is 1.45. The normalized spacial score (nSPS) is 11.0. The average molecular weight is 349 g/mol. The second-order valence-electron chi connectivity index (χ2n) is 5.35. The Morgan fingerprint density at radius 3 is 2.80 bits per heavy atom. The minimum Gasteiger partial charge on any atom is -0.336 e. The number of rotatable bonds is 4. The average Bonchev–Trinajstić information content (AvgIpc) is 3.00. The van der Waals surface area contributed by atoms with Gasteiger partial charge in [0.1, 0.15) is 11.3 Å². The van der Waals surface area contributed by atoms with Crippen molar-refractivity contribution in [2.24, 2.45) is 7.05 Å². The number of aromatic nitrogens is 4. The quantitative estimate of drug-likeness (QED) is 0.646. The minimum atomic E-state index is -1.14. The van der Waals surface area contributed by atoms with E-state index in [4.69, 9.17) is 0 Å². The lowest BCUT2D eigenvalue weighted by Gasteiger charge is -2.06. The molecule has 0 saturated carbocycles. The molecular weight excluding hydrogens is 336 g/mol. The maximum absolute atomic E-state index is 13.5. The molecule has 0 saturated heterocycles. The minimum absolute atomic E-state index is 0.0817. The monoisotopic (exact) mass is 349 g/mol. The van der Waals surface area contributed by atoms with Gasteiger partial charge in [0.05, 0.1) is 5.69 Å². The Bertz CT molecular complexity index is 1080. The summed E-state index contributed by atoms with van der Waals surface area (Å²) in [6.07, 6.45) is 0.0344. The molecule has 0 aliphatic heterocycles. The lowest BCUT2D eigenvalue weighted by Crippen LogP contribution is -2.28. The molecule has 0 radical (unpaired) electrons. The molecule has 1 amide bonds. The summed E-state index contributed by atoms with van der Waals surface area (Å²) in [4.78, 5) is 44.1. The van der Waals surface area contributed by atoms with Crippen LogP contribution in [0, 0.1) is 11.6 Å². The largest absolute Gasteiger partial charge is 0.336 e. The number of fused-ring (bicyclic) bond motifs is 1. The molecule has 3 rings (SSSR count). The lowest BCUT2D eigenvalue weighted by molar-refractivity contribution is -0.116. The van der Waals surface area contributed by atoms with Crippen molar-refractivity contribution in [2.45, 2.75) is 12.8 Å². The van der Waals surface area contributed by atoms with Crippen LogP contribution in [0.5, 0.6) is 0 Å². The molecule has 25 heavy (non-hydrogen) atoms. The number of anilines is 1. The van der Waals surface area contributed by atoms with Crippen LogP contribution in [0.3, 0.4) is 0 Å². The molecule has 0 atom stereocenters. The number of aryl methyl sites for hydroxylation is 2. The summed E-state index contributed by atoms with van der Waals surface area (Å²) in [6, 6.07) is 3.47. The highest BCUT2D eigenvalue weighted by molar-refractivity contribution is 5.90. The van der Waals surface area contributed by atoms with E-state index in [0.717, 1.165) is 6.07 Å². The number of carbonyl (C=O) groups is 1. The Hall–Kier alpha value is -3.30. The first kappa shape index (κ1) is 16.6. The Labute approximate surface area is 138 Å². The van der Waals surface area contributed by atoms with Crippen molar-refractivity contribution < 1.29 is 13.6 Å². The SMILES string of the molecule is Cn1c(=O)[nH]c(=O)c2[nH]c(CCC(=O)Nc3cccc(F)c3F)nc21. The second-order valence-corrected chi connectivity index (χ2v) is 5.35. The third-order valence-corrected chi connectivity index (χ3v) is 3.62. The zero-order chi connectivity index (χ0) is 18.1. The van der Waals surface area contributed by atoms with Gasteiger partial charge < -0.3 is 10.3 Å². The molecule has 2 heterocycles. The number of nitrogens with zero attached hydrogens (tertiary/aromatic N) is 2. The van der Waals surface area contributed by atoms with Gasteiger partial charge in [0, 0.05) is 19.9 Å². The summed E-state index contributed by atoms with van der Waals surface area (Å²) < 4.78 is 27.8. The van der Waals surface area contributed by atoms with Crippen molar-refractivity contribution >= 4 is 22.8 Å². The summed E-state index contributed by atoms with van der Waals surface area (Å²) in [6.45, 7) is 0. The smallest absolute Gasteiger partial charge is 0.329 e. The molecule has 1 aromatic carbocycles. The molecule has 2 aromatic heterocycles. The number of hydrogen-bond donors (Lipinski definition) is 3. The van der Waals surface area contributed by atoms with Crippen molar-refractivity contribution in [2.75, 3.05) is 5.32 Å². The third kappa shape index (κ3) is 3.18. The van der Waals surface area contributed by atoms with Crippen molar-refractivity contribution in [1.29, 1.82) is 0 Å². The van der Waals surface area contributed by atoms with E-state index in [2.05, 4.69) is 20.3 Å². The number of aromatic amines is 2. The number of halogens is 2. The maximum Gasteiger partial charge on any atom is 0.329 e. The highest BCUT2D eigenvalue weighted by Gasteiger charge is 2.14. The predicted molar refractivity (Wildman–Crippen MR) is 85.3 cm³/mol. The molecule has 8 nitrogen and oxygen atoms in total. The van der Waals surface area contributed by atoms with E-state index in [9.17, 15) is 23.2 Å². The lowest BCUT2D eigenvalue weighted by atomic mass is 10.2. The fraction of sp³-hybridized carbons (Fsp3) is 0.200. The van der Waals surface area contributed by atoms with Crippen LogP contribution in [0.4, 0.5) is 14.5 Å². The number of hydrogen-bond acceptors (Lipinski definition) is 4. The highest BCUT2D eigenvalue weighted by atomic mass is 19.2. The molecule has 0 unspecified atom stereocenters. The van der Waals surface area contributed by atoms with Gasteiger partial charge in [-0.25, -0.2) is 18.6 Å². The summed E-state index contributed by atoms with van der Waals surface area (Å²) >= 11 is 0. The van der Waals surface area contributed by atoms with E-state index < -0.39 is 28.8 Å². The van der Waals surface area contributed by atoms with Gasteiger partial charge in [-0.05, 0) is 12.1 Å². The van der Waals surface area contributed by atoms with E-state index >= 15 is 0 Å². The number of nitrogens with one attached hydrogen (secondary N) is 3. The third-order valence-electron chi connectivity index (χ3n) is 3.62. The van der Waals surface area contributed by atoms with E-state index in [1.165, 1.54) is 23.7 Å². The van der Waals surface area contributed by atoms with Gasteiger partial charge in [-0.1, -0.05) is 6.07 Å². The van der Waals surface area contributed by atoms with Crippen LogP contribution in [0.15, 0.2) is 27.8 Å². The van der Waals surface area contributed by atoms with E-state index in [1.54, 1.807) is 0 Å². The molecule has 0 spiro atoms. The van der Waals surface area contributed by atoms with E-state index in [-0.39, 0.29) is 29.7 Å². The molecular formula is C15H13F2N5O3. The maximum atomic E-state index is 13.5. The Morgan fingerprint density at radius 2 is 2.04 bits per heavy atom. The standard InChI is InChI=1S/C15H13F2N5O3/c1-22-13-12(14(24)21-15(22)25)19-9(20-13)5-6-10(23)18-8-4-2-3-7(16)11(8)17/h2-4H,5-6H2,1H3,(H,18,23)(H,19,20)(H,21,24,25). The van der Waals surface area contributed by atoms with Gasteiger partial charge in [0.25, 0.3) is 5.56 Å². The fourth-order valence-electron chi connectivity index (χ4n) is 2.32. The predicted octanol–water partition coefficient (Wildman–Crippen LogP) is 0.799. The van der Waals surface area contributed by atoms with Gasteiger partial charge in [0.15, 0.2) is 17.3 Å². The molecule has 130 valence electrons. The van der Waals surface area contributed by atoms with Gasteiger partial charge in [-0.3, -0.25) is 19.1 Å². The summed E-state index contributed by atoms with van der Waals surface area (Å²) in [5, 5.41) is 2.27. The Morgan fingerprint density at radius 1 is 1.28 bits per heavy atom. The summed E-state index contributed by atoms with van der Waals surface area (Å²) in [5.74, 6) is -2.43. The molecule has 0 aliphatic carbocycles. The molecule has 0 fully saturated rings. The molecule has 3 aromatic rings. The number of carbonyl (C=O) groups excluding carboxylic acids is 1. The first-order valence-corrected chi connectivity index (χ1v) is 7.28. The first-order chi connectivity index (χ1) is 11.9. The van der Waals surface area contributed by atoms with Crippen molar-refractivity contribution in [3.8, 4) is 0 Å². The topological polar surface area (TPSA) is 113 Å². The van der Waals surface area contributed by atoms with Gasteiger partial charge in [-0.2, -0.15) is 0 Å². The van der Waals surface area contributed by atoms with Gasteiger partial charge in [-0.15, -0.1) is 0 Å². The second kappa shape index (κ2) is 6.30. The van der Waals surface area contributed by atoms with E-state index in [1.807, 2.05) is 0 Å². The first-order valence-electron chi connectivity index (χ1n) is 7.28. The van der Waals surface area contributed by atoms with Crippen molar-refractivity contribution in [3.05, 3.63) is 56.5 Å². The van der Waals surface area contributed by atoms with Crippen LogP contribution in [0.2, 0.25) is 0 Å². The molecule has 10 heteroatoms. The van der Waals surface area contributed by atoms with Crippen molar-refractivity contribution in [3.63, 3.8) is 0 Å². The Kier molecular flexibility index (Phi) is 4.17. The van der Waals surface area contributed by atoms with Crippen LogP contribution in [-0.4, -0.2) is 25.4 Å². The zero-order valence-corrected chi connectivity index (χ0v) is 13.0. The fourth-order valence-corrected chi connectivity index (χ4v) is 2.32. The number of benzene rings is 1. The van der Waals surface area contributed by atoms with Crippen LogP contribution in [0.25, 0.3) is 11.2 Å².